The average molecular weight is 381 g/mol. The Morgan fingerprint density at radius 3 is 2.79 bits per heavy atom. The van der Waals surface area contributed by atoms with E-state index < -0.39 is 0 Å². The second kappa shape index (κ2) is 6.71. The van der Waals surface area contributed by atoms with E-state index in [1.807, 2.05) is 19.1 Å². The molecular formula is C22H27N3O3. The number of phenolic OH excluding ortho intramolecular Hbond substituents is 1. The Morgan fingerprint density at radius 2 is 2.04 bits per heavy atom. The summed E-state index contributed by atoms with van der Waals surface area (Å²) < 4.78 is 6.17. The Labute approximate surface area is 165 Å². The molecule has 2 saturated carbocycles. The van der Waals surface area contributed by atoms with Crippen molar-refractivity contribution in [2.45, 2.75) is 76.2 Å². The molecule has 148 valence electrons. The van der Waals surface area contributed by atoms with Crippen molar-refractivity contribution in [1.82, 2.24) is 10.2 Å². The summed E-state index contributed by atoms with van der Waals surface area (Å²) in [6, 6.07) is 5.89. The topological polar surface area (TPSA) is 87.5 Å². The second-order valence-corrected chi connectivity index (χ2v) is 8.69. The van der Waals surface area contributed by atoms with E-state index in [1.165, 1.54) is 0 Å². The first-order valence-corrected chi connectivity index (χ1v) is 10.3. The Morgan fingerprint density at radius 1 is 1.18 bits per heavy atom. The maximum Gasteiger partial charge on any atom is 0.154 e. The fourth-order valence-corrected chi connectivity index (χ4v) is 4.57. The van der Waals surface area contributed by atoms with Crippen LogP contribution in [0.3, 0.4) is 0 Å². The van der Waals surface area contributed by atoms with E-state index in [0.717, 1.165) is 78.7 Å². The van der Waals surface area contributed by atoms with Gasteiger partial charge in [0, 0.05) is 23.6 Å². The summed E-state index contributed by atoms with van der Waals surface area (Å²) in [5, 5.41) is 33.0. The molecule has 0 unspecified atom stereocenters. The number of nitrogens with zero attached hydrogens (tertiary/aromatic N) is 2. The fourth-order valence-electron chi connectivity index (χ4n) is 4.57. The van der Waals surface area contributed by atoms with Crippen molar-refractivity contribution in [3.8, 4) is 17.0 Å². The lowest BCUT2D eigenvalue weighted by atomic mass is 9.91. The van der Waals surface area contributed by atoms with E-state index in [9.17, 15) is 10.2 Å². The molecule has 1 spiro atoms. The third-order valence-corrected chi connectivity index (χ3v) is 6.41. The first kappa shape index (κ1) is 17.9. The predicted molar refractivity (Wildman–Crippen MR) is 106 cm³/mol. The zero-order chi connectivity index (χ0) is 19.3. The lowest BCUT2D eigenvalue weighted by Crippen LogP contribution is -2.32. The zero-order valence-electron chi connectivity index (χ0n) is 16.2. The number of phenols is 1. The molecule has 6 heteroatoms. The molecular weight excluding hydrogens is 354 g/mol. The van der Waals surface area contributed by atoms with Crippen LogP contribution in [0.4, 0.5) is 5.82 Å². The van der Waals surface area contributed by atoms with Crippen LogP contribution in [0.5, 0.6) is 5.75 Å². The first-order valence-electron chi connectivity index (χ1n) is 10.3. The number of hydrogen-bond acceptors (Lipinski definition) is 6. The van der Waals surface area contributed by atoms with Gasteiger partial charge in [-0.05, 0) is 68.7 Å². The zero-order valence-corrected chi connectivity index (χ0v) is 16.2. The number of hydrogen-bond donors (Lipinski definition) is 3. The van der Waals surface area contributed by atoms with Crippen LogP contribution in [-0.4, -0.2) is 38.2 Å². The van der Waals surface area contributed by atoms with Gasteiger partial charge in [0.05, 0.1) is 18.3 Å². The quantitative estimate of drug-likeness (QED) is 0.755. The molecule has 0 saturated heterocycles. The van der Waals surface area contributed by atoms with Crippen molar-refractivity contribution < 1.29 is 14.9 Å². The van der Waals surface area contributed by atoms with Crippen molar-refractivity contribution in [3.05, 3.63) is 34.9 Å². The number of aromatic hydroxyl groups is 1. The molecule has 1 aliphatic heterocycles. The highest BCUT2D eigenvalue weighted by atomic mass is 16.5. The van der Waals surface area contributed by atoms with Crippen molar-refractivity contribution in [3.63, 3.8) is 0 Å². The van der Waals surface area contributed by atoms with Crippen LogP contribution in [0, 0.1) is 6.92 Å². The lowest BCUT2D eigenvalue weighted by Gasteiger charge is -2.31. The van der Waals surface area contributed by atoms with Gasteiger partial charge in [0.2, 0.25) is 0 Å². The van der Waals surface area contributed by atoms with E-state index in [4.69, 9.17) is 4.74 Å². The van der Waals surface area contributed by atoms with Gasteiger partial charge in [0.25, 0.3) is 0 Å². The summed E-state index contributed by atoms with van der Waals surface area (Å²) in [5.74, 6) is 1.00. The third kappa shape index (κ3) is 3.25. The predicted octanol–water partition coefficient (Wildman–Crippen LogP) is 3.48. The third-order valence-electron chi connectivity index (χ3n) is 6.41. The number of aliphatic hydroxyl groups excluding tert-OH is 1. The van der Waals surface area contributed by atoms with Gasteiger partial charge in [-0.25, -0.2) is 0 Å². The standard InChI is InChI=1S/C22H27N3O3/c1-13-5-6-16(19(27)9-13)20-17-11-22(7-8-22)28-12-18(17)21(25-24-20)23-14-3-2-4-15(26)10-14/h5-6,9,14-15,26-27H,2-4,7-8,10-12H2,1H3,(H,23,25)/t14-,15-/m1/s1. The van der Waals surface area contributed by atoms with Gasteiger partial charge in [0.15, 0.2) is 5.82 Å². The van der Waals surface area contributed by atoms with Gasteiger partial charge in [-0.3, -0.25) is 0 Å². The van der Waals surface area contributed by atoms with E-state index in [2.05, 4.69) is 15.5 Å². The number of ether oxygens (including phenoxy) is 1. The SMILES string of the molecule is Cc1ccc(-c2nnc(N[C@@H]3CCC[C@@H](O)C3)c3c2CC2(CC2)OC3)c(O)c1. The molecule has 3 aliphatic rings. The van der Waals surface area contributed by atoms with Crippen LogP contribution in [0.15, 0.2) is 18.2 Å². The Balaban J connectivity index is 1.54. The Hall–Kier alpha value is -2.18. The minimum atomic E-state index is -0.246. The largest absolute Gasteiger partial charge is 0.507 e. The monoisotopic (exact) mass is 381 g/mol. The second-order valence-electron chi connectivity index (χ2n) is 8.69. The van der Waals surface area contributed by atoms with Crippen molar-refractivity contribution in [2.75, 3.05) is 5.32 Å². The highest BCUT2D eigenvalue weighted by molar-refractivity contribution is 5.73. The van der Waals surface area contributed by atoms with Crippen LogP contribution in [0.1, 0.15) is 55.2 Å². The molecule has 2 aromatic rings. The van der Waals surface area contributed by atoms with Gasteiger partial charge >= 0.3 is 0 Å². The molecule has 3 N–H and O–H groups in total. The van der Waals surface area contributed by atoms with Gasteiger partial charge in [0.1, 0.15) is 11.4 Å². The van der Waals surface area contributed by atoms with E-state index in [-0.39, 0.29) is 23.5 Å². The Bertz CT molecular complexity index is 910. The molecule has 2 aliphatic carbocycles. The fraction of sp³-hybridized carbons (Fsp3) is 0.545. The molecule has 1 aromatic carbocycles. The number of aliphatic hydroxyl groups is 1. The van der Waals surface area contributed by atoms with Gasteiger partial charge in [-0.15, -0.1) is 10.2 Å². The van der Waals surface area contributed by atoms with E-state index in [1.54, 1.807) is 6.07 Å². The molecule has 2 fully saturated rings. The average Bonchev–Trinajstić information content (AvgIpc) is 3.41. The normalized spacial score (nSPS) is 25.4. The summed E-state index contributed by atoms with van der Waals surface area (Å²) in [6.07, 6.45) is 6.37. The molecule has 1 aromatic heterocycles. The molecule has 6 nitrogen and oxygen atoms in total. The minimum Gasteiger partial charge on any atom is -0.507 e. The number of benzene rings is 1. The molecule has 0 amide bonds. The van der Waals surface area contributed by atoms with Crippen molar-refractivity contribution in [1.29, 1.82) is 0 Å². The van der Waals surface area contributed by atoms with Crippen LogP contribution in [0.2, 0.25) is 0 Å². The number of aryl methyl sites for hydroxylation is 1. The van der Waals surface area contributed by atoms with Crippen molar-refractivity contribution >= 4 is 5.82 Å². The summed E-state index contributed by atoms with van der Waals surface area (Å²) in [6.45, 7) is 2.48. The van der Waals surface area contributed by atoms with Gasteiger partial charge in [-0.2, -0.15) is 0 Å². The first-order chi connectivity index (χ1) is 13.5. The van der Waals surface area contributed by atoms with E-state index in [0.29, 0.717) is 6.61 Å². The smallest absolute Gasteiger partial charge is 0.154 e. The molecule has 5 rings (SSSR count). The maximum atomic E-state index is 10.5. The van der Waals surface area contributed by atoms with E-state index >= 15 is 0 Å². The van der Waals surface area contributed by atoms with Crippen LogP contribution < -0.4 is 5.32 Å². The lowest BCUT2D eigenvalue weighted by molar-refractivity contribution is 0.00830. The number of rotatable bonds is 3. The highest BCUT2D eigenvalue weighted by Crippen LogP contribution is 2.49. The summed E-state index contributed by atoms with van der Waals surface area (Å²) in [7, 11) is 0. The van der Waals surface area contributed by atoms with Crippen LogP contribution >= 0.6 is 0 Å². The molecule has 28 heavy (non-hydrogen) atoms. The molecule has 2 heterocycles. The highest BCUT2D eigenvalue weighted by Gasteiger charge is 2.48. The van der Waals surface area contributed by atoms with Gasteiger partial charge in [-0.1, -0.05) is 6.07 Å². The minimum absolute atomic E-state index is 0.0522. The summed E-state index contributed by atoms with van der Waals surface area (Å²) in [5.41, 5.74) is 4.63. The summed E-state index contributed by atoms with van der Waals surface area (Å²) in [4.78, 5) is 0. The number of nitrogens with one attached hydrogen (secondary N) is 1. The number of anilines is 1. The van der Waals surface area contributed by atoms with Crippen LogP contribution in [-0.2, 0) is 17.8 Å². The Kier molecular flexibility index (Phi) is 4.29. The van der Waals surface area contributed by atoms with Crippen molar-refractivity contribution in [2.24, 2.45) is 0 Å². The van der Waals surface area contributed by atoms with Crippen LogP contribution in [0.25, 0.3) is 11.3 Å². The molecule has 2 atom stereocenters. The summed E-state index contributed by atoms with van der Waals surface area (Å²) >= 11 is 0. The maximum absolute atomic E-state index is 10.5. The molecule has 0 bridgehead atoms. The number of aromatic nitrogens is 2. The number of fused-ring (bicyclic) bond motifs is 1. The molecule has 0 radical (unpaired) electrons. The van der Waals surface area contributed by atoms with Gasteiger partial charge < -0.3 is 20.3 Å².